The van der Waals surface area contributed by atoms with Crippen molar-refractivity contribution in [3.8, 4) is 0 Å². The van der Waals surface area contributed by atoms with E-state index < -0.39 is 0 Å². The molecule has 150 valence electrons. The molecule has 27 heavy (non-hydrogen) atoms. The third kappa shape index (κ3) is 5.40. The number of hydrogen-bond acceptors (Lipinski definition) is 2. The van der Waals surface area contributed by atoms with Gasteiger partial charge in [0, 0.05) is 30.9 Å². The van der Waals surface area contributed by atoms with Crippen LogP contribution in [0.15, 0.2) is 18.2 Å². The van der Waals surface area contributed by atoms with Crippen LogP contribution in [0.2, 0.25) is 0 Å². The van der Waals surface area contributed by atoms with Crippen LogP contribution in [0.4, 0.5) is 0 Å². The minimum atomic E-state index is 0.195. The number of hydrogen-bond donors (Lipinski definition) is 0. The van der Waals surface area contributed by atoms with Gasteiger partial charge in [-0.15, -0.1) is 23.2 Å². The molecule has 2 aliphatic rings. The van der Waals surface area contributed by atoms with Gasteiger partial charge in [0.15, 0.2) is 0 Å². The summed E-state index contributed by atoms with van der Waals surface area (Å²) in [7, 11) is 0. The number of nitrogens with zero attached hydrogens (tertiary/aromatic N) is 2. The summed E-state index contributed by atoms with van der Waals surface area (Å²) in [6, 6.07) is 6.43. The summed E-state index contributed by atoms with van der Waals surface area (Å²) in [4.78, 5) is 17.9. The summed E-state index contributed by atoms with van der Waals surface area (Å²) in [6.45, 7) is 8.80. The quantitative estimate of drug-likeness (QED) is 0.627. The predicted molar refractivity (Wildman–Crippen MR) is 113 cm³/mol. The first-order chi connectivity index (χ1) is 12.9. The highest BCUT2D eigenvalue weighted by atomic mass is 35.5. The van der Waals surface area contributed by atoms with Gasteiger partial charge in [-0.3, -0.25) is 4.79 Å². The lowest BCUT2D eigenvalue weighted by Gasteiger charge is -2.45. The van der Waals surface area contributed by atoms with E-state index in [-0.39, 0.29) is 11.3 Å². The molecule has 0 radical (unpaired) electrons. The van der Waals surface area contributed by atoms with Crippen molar-refractivity contribution in [3.05, 3.63) is 34.9 Å². The largest absolute Gasteiger partial charge is 0.338 e. The SMILES string of the molecule is CC1(C)CCC(CN2CCCC2)N(C(=O)Cc2ccc(CCl)c(CCl)c2)C1. The number of carbonyl (C=O) groups excluding carboxylic acids is 1. The van der Waals surface area contributed by atoms with Gasteiger partial charge in [0.1, 0.15) is 0 Å². The fourth-order valence-corrected chi connectivity index (χ4v) is 4.96. The lowest BCUT2D eigenvalue weighted by molar-refractivity contribution is -0.137. The van der Waals surface area contributed by atoms with Crippen molar-refractivity contribution in [1.82, 2.24) is 9.80 Å². The van der Waals surface area contributed by atoms with E-state index in [1.54, 1.807) is 0 Å². The topological polar surface area (TPSA) is 23.6 Å². The van der Waals surface area contributed by atoms with Crippen molar-refractivity contribution in [2.75, 3.05) is 26.2 Å². The van der Waals surface area contributed by atoms with E-state index in [4.69, 9.17) is 23.2 Å². The molecule has 0 aromatic heterocycles. The molecule has 1 unspecified atom stereocenters. The Bertz CT molecular complexity index is 656. The highest BCUT2D eigenvalue weighted by Gasteiger charge is 2.36. The number of carbonyl (C=O) groups is 1. The lowest BCUT2D eigenvalue weighted by Crippen LogP contribution is -2.54. The molecule has 0 saturated carbocycles. The standard InChI is InChI=1S/C22H32Cl2N2O/c1-22(2)8-7-20(15-25-9-3-4-10-25)26(16-22)21(27)12-17-5-6-18(13-23)19(11-17)14-24/h5-6,11,20H,3-4,7-10,12-16H2,1-2H3. The minimum absolute atomic E-state index is 0.195. The third-order valence-electron chi connectivity index (χ3n) is 6.10. The number of benzene rings is 1. The van der Waals surface area contributed by atoms with Gasteiger partial charge in [0.05, 0.1) is 6.42 Å². The van der Waals surface area contributed by atoms with Gasteiger partial charge in [-0.25, -0.2) is 0 Å². The Labute approximate surface area is 174 Å². The normalized spacial score (nSPS) is 23.0. The molecule has 5 heteroatoms. The van der Waals surface area contributed by atoms with E-state index in [1.165, 1.54) is 32.4 Å². The maximum Gasteiger partial charge on any atom is 0.227 e. The highest BCUT2D eigenvalue weighted by molar-refractivity contribution is 6.18. The Morgan fingerprint density at radius 2 is 1.85 bits per heavy atom. The van der Waals surface area contributed by atoms with Crippen molar-refractivity contribution >= 4 is 29.1 Å². The van der Waals surface area contributed by atoms with Crippen LogP contribution in [-0.4, -0.2) is 47.9 Å². The fourth-order valence-electron chi connectivity index (χ4n) is 4.45. The van der Waals surface area contributed by atoms with Crippen molar-refractivity contribution in [2.45, 2.75) is 63.8 Å². The number of piperidine rings is 1. The highest BCUT2D eigenvalue weighted by Crippen LogP contribution is 2.33. The molecule has 3 nitrogen and oxygen atoms in total. The molecule has 2 heterocycles. The summed E-state index contributed by atoms with van der Waals surface area (Å²) in [5.41, 5.74) is 3.31. The van der Waals surface area contributed by atoms with Gasteiger partial charge >= 0.3 is 0 Å². The Kier molecular flexibility index (Phi) is 7.10. The van der Waals surface area contributed by atoms with Gasteiger partial charge in [0.25, 0.3) is 0 Å². The maximum atomic E-state index is 13.2. The maximum absolute atomic E-state index is 13.2. The Balaban J connectivity index is 1.72. The average molecular weight is 411 g/mol. The van der Waals surface area contributed by atoms with Gasteiger partial charge < -0.3 is 9.80 Å². The van der Waals surface area contributed by atoms with Crippen LogP contribution in [0.3, 0.4) is 0 Å². The molecular formula is C22H32Cl2N2O. The number of likely N-dealkylation sites (tertiary alicyclic amines) is 2. The smallest absolute Gasteiger partial charge is 0.227 e. The zero-order valence-electron chi connectivity index (χ0n) is 16.6. The van der Waals surface area contributed by atoms with Crippen molar-refractivity contribution in [3.63, 3.8) is 0 Å². The summed E-state index contributed by atoms with van der Waals surface area (Å²) in [5, 5.41) is 0. The van der Waals surface area contributed by atoms with Crippen LogP contribution in [0.5, 0.6) is 0 Å². The summed E-state index contributed by atoms with van der Waals surface area (Å²) in [6.07, 6.45) is 5.32. The van der Waals surface area contributed by atoms with Crippen LogP contribution < -0.4 is 0 Å². The molecule has 2 fully saturated rings. The van der Waals surface area contributed by atoms with E-state index in [1.807, 2.05) is 18.2 Å². The number of halogens is 2. The Morgan fingerprint density at radius 3 is 2.52 bits per heavy atom. The number of rotatable bonds is 6. The third-order valence-corrected chi connectivity index (χ3v) is 6.67. The van der Waals surface area contributed by atoms with E-state index in [9.17, 15) is 4.79 Å². The van der Waals surface area contributed by atoms with Crippen LogP contribution in [0, 0.1) is 5.41 Å². The molecule has 1 aromatic rings. The molecule has 0 bridgehead atoms. The van der Waals surface area contributed by atoms with E-state index in [0.717, 1.165) is 36.2 Å². The van der Waals surface area contributed by atoms with Gasteiger partial charge in [0.2, 0.25) is 5.91 Å². The molecule has 0 N–H and O–H groups in total. The van der Waals surface area contributed by atoms with Gasteiger partial charge in [-0.1, -0.05) is 32.0 Å². The van der Waals surface area contributed by atoms with E-state index in [0.29, 0.717) is 24.2 Å². The molecule has 1 amide bonds. The summed E-state index contributed by atoms with van der Waals surface area (Å²) in [5.74, 6) is 1.12. The second-order valence-corrected chi connectivity index (χ2v) is 9.47. The molecule has 1 atom stereocenters. The molecule has 0 aliphatic carbocycles. The molecule has 1 aromatic carbocycles. The predicted octanol–water partition coefficient (Wildman–Crippen LogP) is 4.82. The first-order valence-corrected chi connectivity index (χ1v) is 11.2. The number of amides is 1. The molecule has 3 rings (SSSR count). The van der Waals surface area contributed by atoms with Crippen LogP contribution >= 0.6 is 23.2 Å². The van der Waals surface area contributed by atoms with Crippen molar-refractivity contribution < 1.29 is 4.79 Å². The number of alkyl halides is 2. The molecule has 2 aliphatic heterocycles. The minimum Gasteiger partial charge on any atom is -0.338 e. The fraction of sp³-hybridized carbons (Fsp3) is 0.682. The van der Waals surface area contributed by atoms with Gasteiger partial charge in [-0.2, -0.15) is 0 Å². The molecule has 2 saturated heterocycles. The van der Waals surface area contributed by atoms with E-state index >= 15 is 0 Å². The van der Waals surface area contributed by atoms with Crippen molar-refractivity contribution in [2.24, 2.45) is 5.41 Å². The molecule has 0 spiro atoms. The molecular weight excluding hydrogens is 379 g/mol. The zero-order chi connectivity index (χ0) is 19.4. The van der Waals surface area contributed by atoms with Crippen LogP contribution in [0.25, 0.3) is 0 Å². The summed E-state index contributed by atoms with van der Waals surface area (Å²) >= 11 is 12.0. The zero-order valence-corrected chi connectivity index (χ0v) is 18.2. The monoisotopic (exact) mass is 410 g/mol. The van der Waals surface area contributed by atoms with Crippen LogP contribution in [-0.2, 0) is 23.0 Å². The second kappa shape index (κ2) is 9.15. The first kappa shape index (κ1) is 21.0. The summed E-state index contributed by atoms with van der Waals surface area (Å²) < 4.78 is 0. The lowest BCUT2D eigenvalue weighted by atomic mass is 9.81. The average Bonchev–Trinajstić information content (AvgIpc) is 3.16. The van der Waals surface area contributed by atoms with Gasteiger partial charge in [-0.05, 0) is 60.9 Å². The second-order valence-electron chi connectivity index (χ2n) is 8.93. The van der Waals surface area contributed by atoms with E-state index in [2.05, 4.69) is 23.6 Å². The van der Waals surface area contributed by atoms with Crippen molar-refractivity contribution in [1.29, 1.82) is 0 Å². The Hall–Kier alpha value is -0.770. The van der Waals surface area contributed by atoms with Crippen LogP contribution in [0.1, 0.15) is 56.2 Å². The Morgan fingerprint density at radius 1 is 1.15 bits per heavy atom. The first-order valence-electron chi connectivity index (χ1n) is 10.2.